The van der Waals surface area contributed by atoms with Gasteiger partial charge in [0, 0.05) is 30.7 Å². The topological polar surface area (TPSA) is 80.3 Å². The third-order valence-corrected chi connectivity index (χ3v) is 5.87. The van der Waals surface area contributed by atoms with Crippen LogP contribution in [0.25, 0.3) is 16.8 Å². The molecule has 0 saturated carbocycles. The van der Waals surface area contributed by atoms with Crippen LogP contribution >= 0.6 is 11.6 Å². The molecule has 33 heavy (non-hydrogen) atoms. The van der Waals surface area contributed by atoms with Crippen molar-refractivity contribution in [2.24, 2.45) is 0 Å². The molecule has 4 rings (SSSR count). The third kappa shape index (κ3) is 4.85. The third-order valence-electron chi connectivity index (χ3n) is 5.63. The Hall–Kier alpha value is -3.39. The molecule has 1 atom stereocenters. The molecule has 1 unspecified atom stereocenters. The number of hydrogen-bond donors (Lipinski definition) is 0. The number of oxazole rings is 1. The van der Waals surface area contributed by atoms with E-state index in [1.54, 1.807) is 30.6 Å². The highest BCUT2D eigenvalue weighted by Gasteiger charge is 2.30. The van der Waals surface area contributed by atoms with Crippen LogP contribution in [0, 0.1) is 0 Å². The van der Waals surface area contributed by atoms with E-state index in [-0.39, 0.29) is 11.9 Å². The number of nitrogens with zero attached hydrogens (tertiary/aromatic N) is 6. The molecule has 0 bridgehead atoms. The monoisotopic (exact) mass is 466 g/mol. The zero-order valence-corrected chi connectivity index (χ0v) is 19.8. The summed E-state index contributed by atoms with van der Waals surface area (Å²) in [6.45, 7) is 11.6. The van der Waals surface area contributed by atoms with Crippen LogP contribution in [0.2, 0.25) is 5.02 Å². The smallest absolute Gasteiger partial charge is 0.298 e. The number of allylic oxidation sites excluding steroid dienone is 3. The zero-order chi connectivity index (χ0) is 23.5. The van der Waals surface area contributed by atoms with Gasteiger partial charge in [-0.3, -0.25) is 4.79 Å². The Morgan fingerprint density at radius 3 is 2.70 bits per heavy atom. The minimum Gasteiger partial charge on any atom is -0.423 e. The highest BCUT2D eigenvalue weighted by Crippen LogP contribution is 2.27. The van der Waals surface area contributed by atoms with E-state index < -0.39 is 0 Å². The van der Waals surface area contributed by atoms with Crippen LogP contribution in [-0.4, -0.2) is 56.5 Å². The quantitative estimate of drug-likeness (QED) is 0.405. The van der Waals surface area contributed by atoms with Crippen LogP contribution < -0.4 is 4.90 Å². The molecule has 0 N–H and O–H groups in total. The summed E-state index contributed by atoms with van der Waals surface area (Å²) in [7, 11) is 0. The maximum atomic E-state index is 13.7. The molecule has 3 heterocycles. The maximum absolute atomic E-state index is 13.7. The lowest BCUT2D eigenvalue weighted by atomic mass is 10.1. The fourth-order valence-corrected chi connectivity index (χ4v) is 4.11. The van der Waals surface area contributed by atoms with Crippen LogP contribution in [0.1, 0.15) is 27.2 Å². The molecule has 8 nitrogen and oxygen atoms in total. The fourth-order valence-electron chi connectivity index (χ4n) is 3.94. The van der Waals surface area contributed by atoms with Crippen molar-refractivity contribution in [3.05, 3.63) is 65.5 Å². The van der Waals surface area contributed by atoms with Gasteiger partial charge in [0.2, 0.25) is 0 Å². The fraction of sp³-hybridized carbons (Fsp3) is 0.333. The average molecular weight is 467 g/mol. The van der Waals surface area contributed by atoms with Gasteiger partial charge in [0.1, 0.15) is 5.52 Å². The molecule has 0 radical (unpaired) electrons. The number of anilines is 1. The predicted octanol–water partition coefficient (Wildman–Crippen LogP) is 4.56. The second-order valence-electron chi connectivity index (χ2n) is 8.13. The Bertz CT molecular complexity index is 1230. The molecule has 0 aliphatic carbocycles. The lowest BCUT2D eigenvalue weighted by Crippen LogP contribution is -2.41. The van der Waals surface area contributed by atoms with Crippen LogP contribution in [0.3, 0.4) is 0 Å². The second-order valence-corrected chi connectivity index (χ2v) is 8.57. The van der Waals surface area contributed by atoms with Gasteiger partial charge >= 0.3 is 0 Å². The summed E-state index contributed by atoms with van der Waals surface area (Å²) in [6, 6.07) is 5.96. The van der Waals surface area contributed by atoms with Crippen molar-refractivity contribution in [2.45, 2.75) is 33.2 Å². The summed E-state index contributed by atoms with van der Waals surface area (Å²) in [5.41, 5.74) is 3.32. The van der Waals surface area contributed by atoms with Gasteiger partial charge in [0.15, 0.2) is 5.58 Å². The standard InChI is InChI=1S/C24H27ClN6O2/c1-5-21(31-26-9-10-27-31)19(14-16(2)3)23(32)30-13-12-29(11-8-17(30)4)24-28-20-15-18(25)6-7-22(20)33-24/h5-7,9-10,14-15,17H,2,8,11-13H2,1,3-4H3. The molecule has 1 fully saturated rings. The van der Waals surface area contributed by atoms with Crippen molar-refractivity contribution in [3.8, 4) is 0 Å². The second kappa shape index (κ2) is 9.62. The van der Waals surface area contributed by atoms with E-state index in [1.807, 2.05) is 30.9 Å². The number of aromatic nitrogens is 4. The number of halogens is 1. The summed E-state index contributed by atoms with van der Waals surface area (Å²) < 4.78 is 5.95. The molecular formula is C24H27ClN6O2. The number of carbonyl (C=O) groups excluding carboxylic acids is 1. The van der Waals surface area contributed by atoms with Gasteiger partial charge in [-0.05, 0) is 51.5 Å². The minimum absolute atomic E-state index is 0.0264. The van der Waals surface area contributed by atoms with Crippen LogP contribution in [0.15, 0.2) is 64.9 Å². The van der Waals surface area contributed by atoms with Gasteiger partial charge < -0.3 is 14.2 Å². The summed E-state index contributed by atoms with van der Waals surface area (Å²) in [6.07, 6.45) is 7.58. The van der Waals surface area contributed by atoms with Crippen LogP contribution in [0.5, 0.6) is 0 Å². The van der Waals surface area contributed by atoms with Gasteiger partial charge in [-0.25, -0.2) is 0 Å². The van der Waals surface area contributed by atoms with Crippen molar-refractivity contribution in [1.82, 2.24) is 24.9 Å². The van der Waals surface area contributed by atoms with Gasteiger partial charge in [-0.1, -0.05) is 29.8 Å². The highest BCUT2D eigenvalue weighted by molar-refractivity contribution is 6.31. The maximum Gasteiger partial charge on any atom is 0.298 e. The summed E-state index contributed by atoms with van der Waals surface area (Å²) >= 11 is 6.09. The van der Waals surface area contributed by atoms with E-state index >= 15 is 0 Å². The molecule has 1 amide bonds. The first-order valence-corrected chi connectivity index (χ1v) is 11.3. The van der Waals surface area contributed by atoms with E-state index in [2.05, 4.69) is 33.6 Å². The largest absolute Gasteiger partial charge is 0.423 e. The number of rotatable bonds is 5. The molecule has 3 aromatic rings. The van der Waals surface area contributed by atoms with Crippen molar-refractivity contribution < 1.29 is 9.21 Å². The molecule has 0 spiro atoms. The van der Waals surface area contributed by atoms with E-state index in [1.165, 1.54) is 4.80 Å². The molecule has 1 aliphatic rings. The molecular weight excluding hydrogens is 440 g/mol. The summed E-state index contributed by atoms with van der Waals surface area (Å²) in [5.74, 6) is -0.0814. The Labute approximate surface area is 197 Å². The van der Waals surface area contributed by atoms with E-state index in [0.29, 0.717) is 41.0 Å². The lowest BCUT2D eigenvalue weighted by Gasteiger charge is -2.28. The Balaban J connectivity index is 1.58. The van der Waals surface area contributed by atoms with E-state index in [0.717, 1.165) is 24.1 Å². The molecule has 1 saturated heterocycles. The minimum atomic E-state index is -0.0814. The normalized spacial score (nSPS) is 18.0. The molecule has 2 aromatic heterocycles. The summed E-state index contributed by atoms with van der Waals surface area (Å²) in [4.78, 5) is 23.8. The van der Waals surface area contributed by atoms with Crippen molar-refractivity contribution in [1.29, 1.82) is 0 Å². The first-order valence-electron chi connectivity index (χ1n) is 10.9. The highest BCUT2D eigenvalue weighted by atomic mass is 35.5. The first-order chi connectivity index (χ1) is 15.9. The Kier molecular flexibility index (Phi) is 6.65. The predicted molar refractivity (Wildman–Crippen MR) is 130 cm³/mol. The molecule has 1 aliphatic heterocycles. The lowest BCUT2D eigenvalue weighted by molar-refractivity contribution is -0.128. The van der Waals surface area contributed by atoms with Gasteiger partial charge in [0.05, 0.1) is 23.7 Å². The van der Waals surface area contributed by atoms with Gasteiger partial charge in [0.25, 0.3) is 11.9 Å². The summed E-state index contributed by atoms with van der Waals surface area (Å²) in [5, 5.41) is 9.05. The van der Waals surface area contributed by atoms with E-state index in [9.17, 15) is 4.79 Å². The molecule has 1 aromatic carbocycles. The van der Waals surface area contributed by atoms with Crippen LogP contribution in [-0.2, 0) is 4.79 Å². The Morgan fingerprint density at radius 1 is 1.24 bits per heavy atom. The Morgan fingerprint density at radius 2 is 2.00 bits per heavy atom. The number of benzene rings is 1. The number of carbonyl (C=O) groups is 1. The molecule has 172 valence electrons. The zero-order valence-electron chi connectivity index (χ0n) is 19.0. The average Bonchev–Trinajstić information content (AvgIpc) is 3.41. The van der Waals surface area contributed by atoms with Crippen molar-refractivity contribution >= 4 is 40.3 Å². The van der Waals surface area contributed by atoms with Crippen molar-refractivity contribution in [2.75, 3.05) is 24.5 Å². The van der Waals surface area contributed by atoms with Crippen molar-refractivity contribution in [3.63, 3.8) is 0 Å². The van der Waals surface area contributed by atoms with E-state index in [4.69, 9.17) is 16.0 Å². The SMILES string of the molecule is C=C(C)C=C(C(=O)N1CCN(c2nc3cc(Cl)ccc3o2)CCC1C)C(=CC)n1nccn1. The first kappa shape index (κ1) is 22.8. The van der Waals surface area contributed by atoms with Gasteiger partial charge in [-0.15, -0.1) is 0 Å². The number of hydrogen-bond acceptors (Lipinski definition) is 6. The number of amides is 1. The van der Waals surface area contributed by atoms with Crippen LogP contribution in [0.4, 0.5) is 6.01 Å². The van der Waals surface area contributed by atoms with Gasteiger partial charge in [-0.2, -0.15) is 20.0 Å². The number of fused-ring (bicyclic) bond motifs is 1. The molecule has 9 heteroatoms.